The fourth-order valence-electron chi connectivity index (χ4n) is 3.58. The first-order valence-corrected chi connectivity index (χ1v) is 10.4. The number of hydrogen-bond acceptors (Lipinski definition) is 5. The summed E-state index contributed by atoms with van der Waals surface area (Å²) in [6.45, 7) is 9.86. The van der Waals surface area contributed by atoms with Crippen LogP contribution in [0.5, 0.6) is 0 Å². The van der Waals surface area contributed by atoms with Gasteiger partial charge in [0.1, 0.15) is 5.82 Å². The maximum atomic E-state index is 12.7. The van der Waals surface area contributed by atoms with Gasteiger partial charge in [0.25, 0.3) is 5.78 Å². The highest BCUT2D eigenvalue weighted by molar-refractivity contribution is 7.89. The number of aromatic nitrogens is 4. The van der Waals surface area contributed by atoms with Crippen molar-refractivity contribution in [1.29, 1.82) is 0 Å². The van der Waals surface area contributed by atoms with E-state index in [0.717, 1.165) is 33.9 Å². The molecule has 1 N–H and O–H groups in total. The third-order valence-corrected chi connectivity index (χ3v) is 6.27. The number of rotatable bonds is 6. The fourth-order valence-corrected chi connectivity index (χ4v) is 5.10. The van der Waals surface area contributed by atoms with E-state index in [9.17, 15) is 8.42 Å². The van der Waals surface area contributed by atoms with Crippen LogP contribution in [0.15, 0.2) is 23.1 Å². The molecule has 7 nitrogen and oxygen atoms in total. The van der Waals surface area contributed by atoms with Crippen LogP contribution in [0.1, 0.15) is 40.3 Å². The molecule has 144 valence electrons. The Labute approximate surface area is 159 Å². The Morgan fingerprint density at radius 2 is 1.67 bits per heavy atom. The molecule has 0 bridgehead atoms. The Hall–Kier alpha value is -2.32. The number of aryl methyl sites for hydroxylation is 6. The van der Waals surface area contributed by atoms with Gasteiger partial charge in [0.15, 0.2) is 0 Å². The van der Waals surface area contributed by atoms with Gasteiger partial charge in [-0.15, -0.1) is 10.2 Å². The Morgan fingerprint density at radius 3 is 2.33 bits per heavy atom. The monoisotopic (exact) mass is 387 g/mol. The minimum absolute atomic E-state index is 0.336. The van der Waals surface area contributed by atoms with E-state index < -0.39 is 10.0 Å². The molecule has 0 radical (unpaired) electrons. The fraction of sp³-hybridized carbons (Fsp3) is 0.421. The predicted molar refractivity (Wildman–Crippen MR) is 104 cm³/mol. The highest BCUT2D eigenvalue weighted by Crippen LogP contribution is 2.21. The second-order valence-corrected chi connectivity index (χ2v) is 8.72. The molecule has 0 amide bonds. The molecule has 0 saturated carbocycles. The lowest BCUT2D eigenvalue weighted by molar-refractivity contribution is 0.576. The van der Waals surface area contributed by atoms with Crippen molar-refractivity contribution in [3.63, 3.8) is 0 Å². The summed E-state index contributed by atoms with van der Waals surface area (Å²) in [5.74, 6) is 1.37. The second-order valence-electron chi connectivity index (χ2n) is 7.02. The maximum Gasteiger partial charge on any atom is 0.255 e. The molecule has 2 heterocycles. The standard InChI is InChI=1S/C19H25N5O2S/c1-12-9-13(2)18(14(3)10-12)27(25,26)20-8-6-7-17-22-23-19-21-15(4)11-16(5)24(17)19/h9-11,20H,6-8H2,1-5H3. The van der Waals surface area contributed by atoms with Gasteiger partial charge in [0, 0.05) is 24.4 Å². The van der Waals surface area contributed by atoms with Crippen LogP contribution in [0.4, 0.5) is 0 Å². The number of nitrogens with one attached hydrogen (secondary N) is 1. The molecule has 0 atom stereocenters. The van der Waals surface area contributed by atoms with Gasteiger partial charge in [0.2, 0.25) is 10.0 Å². The summed E-state index contributed by atoms with van der Waals surface area (Å²) in [5, 5.41) is 8.31. The predicted octanol–water partition coefficient (Wildman–Crippen LogP) is 2.58. The van der Waals surface area contributed by atoms with Crippen molar-refractivity contribution < 1.29 is 8.42 Å². The van der Waals surface area contributed by atoms with Gasteiger partial charge in [0.05, 0.1) is 4.90 Å². The first-order chi connectivity index (χ1) is 12.7. The molecular formula is C19H25N5O2S. The minimum Gasteiger partial charge on any atom is -0.268 e. The van der Waals surface area contributed by atoms with Crippen molar-refractivity contribution in [3.05, 3.63) is 52.1 Å². The summed E-state index contributed by atoms with van der Waals surface area (Å²) in [5.41, 5.74) is 4.50. The van der Waals surface area contributed by atoms with Gasteiger partial charge in [-0.1, -0.05) is 17.7 Å². The van der Waals surface area contributed by atoms with Crippen LogP contribution in [0.2, 0.25) is 0 Å². The van der Waals surface area contributed by atoms with Crippen LogP contribution in [0, 0.1) is 34.6 Å². The number of sulfonamides is 1. The quantitative estimate of drug-likeness (QED) is 0.657. The van der Waals surface area contributed by atoms with E-state index in [1.165, 1.54) is 0 Å². The van der Waals surface area contributed by atoms with Crippen LogP contribution in [-0.4, -0.2) is 34.5 Å². The largest absolute Gasteiger partial charge is 0.268 e. The number of fused-ring (bicyclic) bond motifs is 1. The number of benzene rings is 1. The number of nitrogens with zero attached hydrogens (tertiary/aromatic N) is 4. The van der Waals surface area contributed by atoms with Gasteiger partial charge >= 0.3 is 0 Å². The summed E-state index contributed by atoms with van der Waals surface area (Å²) in [6.07, 6.45) is 1.23. The number of hydrogen-bond donors (Lipinski definition) is 1. The van der Waals surface area contributed by atoms with Gasteiger partial charge in [-0.25, -0.2) is 18.1 Å². The lowest BCUT2D eigenvalue weighted by atomic mass is 10.1. The van der Waals surface area contributed by atoms with E-state index in [1.807, 2.05) is 57.2 Å². The Balaban J connectivity index is 1.69. The Bertz CT molecular complexity index is 1080. The Morgan fingerprint density at radius 1 is 1.00 bits per heavy atom. The Kier molecular flexibility index (Phi) is 5.30. The molecule has 0 unspecified atom stereocenters. The zero-order valence-electron chi connectivity index (χ0n) is 16.4. The van der Waals surface area contributed by atoms with Gasteiger partial charge in [-0.3, -0.25) is 4.40 Å². The average molecular weight is 388 g/mol. The first-order valence-electron chi connectivity index (χ1n) is 8.95. The summed E-state index contributed by atoms with van der Waals surface area (Å²) in [4.78, 5) is 4.74. The summed E-state index contributed by atoms with van der Waals surface area (Å²) in [7, 11) is -3.54. The normalized spacial score (nSPS) is 12.0. The molecule has 27 heavy (non-hydrogen) atoms. The molecule has 3 rings (SSSR count). The van der Waals surface area contributed by atoms with Crippen molar-refractivity contribution in [1.82, 2.24) is 24.3 Å². The average Bonchev–Trinajstić information content (AvgIpc) is 2.93. The molecule has 0 spiro atoms. The molecule has 0 aliphatic heterocycles. The maximum absolute atomic E-state index is 12.7. The van der Waals surface area contributed by atoms with Gasteiger partial charge < -0.3 is 0 Å². The molecular weight excluding hydrogens is 362 g/mol. The zero-order valence-corrected chi connectivity index (χ0v) is 17.2. The molecule has 1 aromatic carbocycles. The van der Waals surface area contributed by atoms with E-state index in [2.05, 4.69) is 19.9 Å². The molecule has 0 saturated heterocycles. The molecule has 3 aromatic rings. The summed E-state index contributed by atoms with van der Waals surface area (Å²) < 4.78 is 30.0. The van der Waals surface area contributed by atoms with Crippen molar-refractivity contribution in [3.8, 4) is 0 Å². The highest BCUT2D eigenvalue weighted by Gasteiger charge is 2.19. The van der Waals surface area contributed by atoms with E-state index in [4.69, 9.17) is 0 Å². The van der Waals surface area contributed by atoms with Crippen LogP contribution in [-0.2, 0) is 16.4 Å². The van der Waals surface area contributed by atoms with Crippen LogP contribution >= 0.6 is 0 Å². The third kappa shape index (κ3) is 4.01. The summed E-state index contributed by atoms with van der Waals surface area (Å²) in [6, 6.07) is 5.76. The van der Waals surface area contributed by atoms with Crippen LogP contribution < -0.4 is 4.72 Å². The lowest BCUT2D eigenvalue weighted by Gasteiger charge is -2.13. The summed E-state index contributed by atoms with van der Waals surface area (Å²) >= 11 is 0. The zero-order chi connectivity index (χ0) is 19.8. The second kappa shape index (κ2) is 7.36. The van der Waals surface area contributed by atoms with E-state index >= 15 is 0 Å². The molecule has 0 aliphatic rings. The molecule has 0 fully saturated rings. The van der Waals surface area contributed by atoms with Crippen molar-refractivity contribution in [2.24, 2.45) is 0 Å². The van der Waals surface area contributed by atoms with Crippen LogP contribution in [0.25, 0.3) is 5.78 Å². The van der Waals surface area contributed by atoms with Crippen molar-refractivity contribution >= 4 is 15.8 Å². The van der Waals surface area contributed by atoms with E-state index in [0.29, 0.717) is 30.1 Å². The molecule has 2 aromatic heterocycles. The van der Waals surface area contributed by atoms with Crippen molar-refractivity contribution in [2.45, 2.75) is 52.4 Å². The van der Waals surface area contributed by atoms with Crippen LogP contribution in [0.3, 0.4) is 0 Å². The van der Waals surface area contributed by atoms with Gasteiger partial charge in [-0.05, 0) is 58.2 Å². The highest BCUT2D eigenvalue weighted by atomic mass is 32.2. The van der Waals surface area contributed by atoms with Gasteiger partial charge in [-0.2, -0.15) is 0 Å². The SMILES string of the molecule is Cc1cc(C)c(S(=O)(=O)NCCCc2nnc3nc(C)cc(C)n23)c(C)c1. The molecule has 0 aliphatic carbocycles. The van der Waals surface area contributed by atoms with Crippen molar-refractivity contribution in [2.75, 3.05) is 6.54 Å². The lowest BCUT2D eigenvalue weighted by Crippen LogP contribution is -2.26. The van der Waals surface area contributed by atoms with E-state index in [-0.39, 0.29) is 0 Å². The van der Waals surface area contributed by atoms with E-state index in [1.54, 1.807) is 0 Å². The smallest absolute Gasteiger partial charge is 0.255 e. The topological polar surface area (TPSA) is 89.2 Å². The first kappa shape index (κ1) is 19.4. The minimum atomic E-state index is -3.54. The third-order valence-electron chi connectivity index (χ3n) is 4.50. The molecule has 8 heteroatoms.